The molecule has 98 valence electrons. The van der Waals surface area contributed by atoms with Crippen molar-refractivity contribution in [3.63, 3.8) is 0 Å². The summed E-state index contributed by atoms with van der Waals surface area (Å²) in [5.74, 6) is 1.51. The molecule has 2 fully saturated rings. The van der Waals surface area contributed by atoms with Crippen molar-refractivity contribution in [2.75, 3.05) is 12.4 Å². The van der Waals surface area contributed by atoms with Crippen molar-refractivity contribution in [2.24, 2.45) is 0 Å². The lowest BCUT2D eigenvalue weighted by molar-refractivity contribution is -0.130. The van der Waals surface area contributed by atoms with E-state index >= 15 is 0 Å². The Labute approximate surface area is 109 Å². The maximum absolute atomic E-state index is 12.3. The first-order valence-electron chi connectivity index (χ1n) is 6.93. The van der Waals surface area contributed by atoms with Crippen LogP contribution in [0.4, 0.5) is 0 Å². The second-order valence-electron chi connectivity index (χ2n) is 5.00. The highest BCUT2D eigenvalue weighted by atomic mass is 32.2. The van der Waals surface area contributed by atoms with E-state index in [1.54, 1.807) is 0 Å². The van der Waals surface area contributed by atoms with Crippen LogP contribution < -0.4 is 5.32 Å². The molecule has 0 aromatic heterocycles. The molecule has 1 saturated carbocycles. The maximum Gasteiger partial charge on any atom is 0.241 e. The average molecular weight is 256 g/mol. The Morgan fingerprint density at radius 1 is 1.41 bits per heavy atom. The van der Waals surface area contributed by atoms with Crippen LogP contribution in [0.25, 0.3) is 0 Å². The third-order valence-corrected chi connectivity index (χ3v) is 5.18. The summed E-state index contributed by atoms with van der Waals surface area (Å²) in [7, 11) is 0. The van der Waals surface area contributed by atoms with Crippen molar-refractivity contribution in [3.8, 4) is 0 Å². The number of rotatable bonds is 5. The highest BCUT2D eigenvalue weighted by Crippen LogP contribution is 2.34. The lowest BCUT2D eigenvalue weighted by atomic mass is 10.1. The molecule has 1 aliphatic carbocycles. The van der Waals surface area contributed by atoms with Gasteiger partial charge in [-0.05, 0) is 25.0 Å². The molecule has 0 radical (unpaired) electrons. The van der Waals surface area contributed by atoms with Crippen molar-refractivity contribution in [3.05, 3.63) is 0 Å². The van der Waals surface area contributed by atoms with Crippen LogP contribution in [-0.2, 0) is 4.79 Å². The zero-order valence-corrected chi connectivity index (χ0v) is 11.8. The van der Waals surface area contributed by atoms with Crippen LogP contribution in [0.3, 0.4) is 0 Å². The summed E-state index contributed by atoms with van der Waals surface area (Å²) in [5.41, 5.74) is 0. The van der Waals surface area contributed by atoms with Crippen LogP contribution in [0.5, 0.6) is 0 Å². The monoisotopic (exact) mass is 256 g/mol. The van der Waals surface area contributed by atoms with Gasteiger partial charge in [0.05, 0.1) is 12.7 Å². The number of amides is 1. The van der Waals surface area contributed by atoms with Gasteiger partial charge in [0.15, 0.2) is 0 Å². The number of nitrogens with one attached hydrogen (secondary N) is 1. The summed E-state index contributed by atoms with van der Waals surface area (Å²) in [5, 5.41) is 4.04. The maximum atomic E-state index is 12.3. The van der Waals surface area contributed by atoms with Gasteiger partial charge in [-0.1, -0.05) is 26.7 Å². The first-order chi connectivity index (χ1) is 8.27. The molecule has 0 bridgehead atoms. The number of nitrogens with zero attached hydrogens (tertiary/aromatic N) is 1. The number of hydrogen-bond donors (Lipinski definition) is 1. The Bertz CT molecular complexity index is 272. The van der Waals surface area contributed by atoms with Gasteiger partial charge in [0.25, 0.3) is 0 Å². The first-order valence-corrected chi connectivity index (χ1v) is 7.98. The fourth-order valence-electron chi connectivity index (χ4n) is 3.04. The van der Waals surface area contributed by atoms with E-state index in [9.17, 15) is 4.79 Å². The van der Waals surface area contributed by atoms with E-state index < -0.39 is 0 Å². The second kappa shape index (κ2) is 6.10. The summed E-state index contributed by atoms with van der Waals surface area (Å²) in [6.07, 6.45) is 5.82. The van der Waals surface area contributed by atoms with E-state index in [-0.39, 0.29) is 6.04 Å². The Kier molecular flexibility index (Phi) is 4.74. The van der Waals surface area contributed by atoms with E-state index in [0.717, 1.165) is 25.3 Å². The number of thioether (sulfide) groups is 1. The lowest BCUT2D eigenvalue weighted by Gasteiger charge is -2.28. The van der Waals surface area contributed by atoms with Crippen molar-refractivity contribution in [1.82, 2.24) is 10.2 Å². The minimum atomic E-state index is 0.0906. The molecule has 2 aliphatic rings. The summed E-state index contributed by atoms with van der Waals surface area (Å²) < 4.78 is 0. The van der Waals surface area contributed by atoms with Gasteiger partial charge in [-0.15, -0.1) is 0 Å². The van der Waals surface area contributed by atoms with Crippen molar-refractivity contribution in [1.29, 1.82) is 0 Å². The van der Waals surface area contributed by atoms with Gasteiger partial charge in [-0.25, -0.2) is 0 Å². The fourth-order valence-corrected chi connectivity index (χ4v) is 4.31. The molecule has 0 aromatic carbocycles. The number of carbonyl (C=O) groups is 1. The zero-order valence-electron chi connectivity index (χ0n) is 10.9. The van der Waals surface area contributed by atoms with Gasteiger partial charge in [-0.2, -0.15) is 11.8 Å². The van der Waals surface area contributed by atoms with Crippen LogP contribution in [0.1, 0.15) is 46.0 Å². The van der Waals surface area contributed by atoms with Crippen LogP contribution in [0.2, 0.25) is 0 Å². The van der Waals surface area contributed by atoms with Crippen LogP contribution >= 0.6 is 11.8 Å². The zero-order chi connectivity index (χ0) is 12.3. The topological polar surface area (TPSA) is 32.3 Å². The first kappa shape index (κ1) is 13.2. The molecule has 0 spiro atoms. The van der Waals surface area contributed by atoms with Gasteiger partial charge in [0.2, 0.25) is 5.91 Å². The van der Waals surface area contributed by atoms with Crippen LogP contribution in [0.15, 0.2) is 0 Å². The molecule has 4 heteroatoms. The molecular formula is C13H24N2OS. The smallest absolute Gasteiger partial charge is 0.241 e. The van der Waals surface area contributed by atoms with Crippen molar-refractivity contribution >= 4 is 17.7 Å². The van der Waals surface area contributed by atoms with E-state index in [4.69, 9.17) is 0 Å². The SMILES string of the molecule is CCCC1NCN(C2CCCC2SCC)C1=O. The molecule has 0 aromatic rings. The predicted octanol–water partition coefficient (Wildman–Crippen LogP) is 2.22. The Hall–Kier alpha value is -0.220. The summed E-state index contributed by atoms with van der Waals surface area (Å²) in [4.78, 5) is 14.4. The Morgan fingerprint density at radius 3 is 2.94 bits per heavy atom. The van der Waals surface area contributed by atoms with Gasteiger partial charge in [-0.3, -0.25) is 10.1 Å². The Balaban J connectivity index is 1.96. The molecule has 1 N–H and O–H groups in total. The molecule has 3 atom stereocenters. The van der Waals surface area contributed by atoms with Gasteiger partial charge in [0, 0.05) is 11.3 Å². The number of carbonyl (C=O) groups excluding carboxylic acids is 1. The predicted molar refractivity (Wildman–Crippen MR) is 73.1 cm³/mol. The van der Waals surface area contributed by atoms with Crippen LogP contribution in [-0.4, -0.2) is 40.6 Å². The van der Waals surface area contributed by atoms with E-state index in [1.807, 2.05) is 11.8 Å². The molecule has 1 saturated heterocycles. The molecule has 1 heterocycles. The number of hydrogen-bond acceptors (Lipinski definition) is 3. The third kappa shape index (κ3) is 2.79. The molecule has 1 aliphatic heterocycles. The van der Waals surface area contributed by atoms with E-state index in [2.05, 4.69) is 24.1 Å². The van der Waals surface area contributed by atoms with Crippen molar-refractivity contribution in [2.45, 2.75) is 63.3 Å². The molecular weight excluding hydrogens is 232 g/mol. The van der Waals surface area contributed by atoms with E-state index in [1.165, 1.54) is 19.3 Å². The fraction of sp³-hybridized carbons (Fsp3) is 0.923. The standard InChI is InChI=1S/C13H24N2OS/c1-3-6-10-13(16)15(9-14-10)11-7-5-8-12(11)17-4-2/h10-12,14H,3-9H2,1-2H3. The highest BCUT2D eigenvalue weighted by molar-refractivity contribution is 7.99. The molecule has 3 nitrogen and oxygen atoms in total. The van der Waals surface area contributed by atoms with Crippen molar-refractivity contribution < 1.29 is 4.79 Å². The Morgan fingerprint density at radius 2 is 2.24 bits per heavy atom. The van der Waals surface area contributed by atoms with E-state index in [0.29, 0.717) is 17.2 Å². The minimum Gasteiger partial charge on any atom is -0.324 e. The summed E-state index contributed by atoms with van der Waals surface area (Å²) >= 11 is 2.03. The summed E-state index contributed by atoms with van der Waals surface area (Å²) in [6.45, 7) is 5.13. The molecule has 3 unspecified atom stereocenters. The second-order valence-corrected chi connectivity index (χ2v) is 6.52. The normalized spacial score (nSPS) is 33.6. The highest BCUT2D eigenvalue weighted by Gasteiger charge is 2.40. The van der Waals surface area contributed by atoms with Gasteiger partial charge < -0.3 is 4.90 Å². The quantitative estimate of drug-likeness (QED) is 0.818. The molecule has 2 rings (SSSR count). The third-order valence-electron chi connectivity index (χ3n) is 3.87. The van der Waals surface area contributed by atoms with Crippen LogP contribution in [0, 0.1) is 0 Å². The largest absolute Gasteiger partial charge is 0.324 e. The summed E-state index contributed by atoms with van der Waals surface area (Å²) in [6, 6.07) is 0.578. The van der Waals surface area contributed by atoms with Gasteiger partial charge in [0.1, 0.15) is 0 Å². The molecule has 17 heavy (non-hydrogen) atoms. The van der Waals surface area contributed by atoms with Gasteiger partial charge >= 0.3 is 0 Å². The lowest BCUT2D eigenvalue weighted by Crippen LogP contribution is -2.42. The molecule has 1 amide bonds. The minimum absolute atomic E-state index is 0.0906. The average Bonchev–Trinajstić information content (AvgIpc) is 2.89.